The first-order valence-electron chi connectivity index (χ1n) is 10.3. The summed E-state index contributed by atoms with van der Waals surface area (Å²) in [6.07, 6.45) is -2.65. The van der Waals surface area contributed by atoms with E-state index in [1.807, 2.05) is 35.7 Å². The van der Waals surface area contributed by atoms with Crippen molar-refractivity contribution in [3.05, 3.63) is 71.2 Å². The number of anilines is 1. The lowest BCUT2D eigenvalue weighted by molar-refractivity contribution is -0.137. The van der Waals surface area contributed by atoms with Crippen LogP contribution in [0.5, 0.6) is 0 Å². The Bertz CT molecular complexity index is 1030. The molecular weight excluding hydrogens is 437 g/mol. The van der Waals surface area contributed by atoms with Gasteiger partial charge in [0.2, 0.25) is 0 Å². The molecule has 168 valence electrons. The third kappa shape index (κ3) is 5.86. The summed E-state index contributed by atoms with van der Waals surface area (Å²) < 4.78 is 38.2. The number of halogens is 3. The van der Waals surface area contributed by atoms with Gasteiger partial charge in [0.25, 0.3) is 0 Å². The molecule has 1 aliphatic heterocycles. The van der Waals surface area contributed by atoms with Crippen LogP contribution in [0.2, 0.25) is 0 Å². The van der Waals surface area contributed by atoms with Crippen molar-refractivity contribution in [1.29, 1.82) is 0 Å². The predicted molar refractivity (Wildman–Crippen MR) is 119 cm³/mol. The average molecular weight is 461 g/mol. The van der Waals surface area contributed by atoms with E-state index in [1.54, 1.807) is 0 Å². The number of hydrogen-bond donors (Lipinski definition) is 2. The lowest BCUT2D eigenvalue weighted by Crippen LogP contribution is -2.45. The summed E-state index contributed by atoms with van der Waals surface area (Å²) >= 11 is 1.43. The number of carbonyl (C=O) groups excluding carboxylic acids is 1. The van der Waals surface area contributed by atoms with Crippen molar-refractivity contribution >= 4 is 23.1 Å². The third-order valence-electron chi connectivity index (χ3n) is 5.35. The van der Waals surface area contributed by atoms with Gasteiger partial charge in [-0.05, 0) is 37.1 Å². The van der Waals surface area contributed by atoms with Gasteiger partial charge in [-0.2, -0.15) is 13.2 Å². The highest BCUT2D eigenvalue weighted by Crippen LogP contribution is 2.32. The summed E-state index contributed by atoms with van der Waals surface area (Å²) in [5.41, 5.74) is 1.68. The molecule has 5 nitrogen and oxygen atoms in total. The van der Waals surface area contributed by atoms with E-state index in [0.717, 1.165) is 49.4 Å². The first-order valence-corrected chi connectivity index (χ1v) is 11.2. The minimum atomic E-state index is -4.34. The monoisotopic (exact) mass is 460 g/mol. The van der Waals surface area contributed by atoms with Crippen molar-refractivity contribution in [3.63, 3.8) is 0 Å². The topological polar surface area (TPSA) is 57.3 Å². The highest BCUT2D eigenvalue weighted by atomic mass is 32.1. The van der Waals surface area contributed by atoms with Crippen LogP contribution in [-0.2, 0) is 12.7 Å². The Morgan fingerprint density at radius 1 is 1.06 bits per heavy atom. The Kier molecular flexibility index (Phi) is 6.76. The zero-order chi connectivity index (χ0) is 22.6. The molecule has 2 amide bonds. The Labute approximate surface area is 188 Å². The van der Waals surface area contributed by atoms with Crippen molar-refractivity contribution < 1.29 is 18.0 Å². The number of alkyl halides is 3. The maximum Gasteiger partial charge on any atom is 0.416 e. The van der Waals surface area contributed by atoms with Crippen molar-refractivity contribution in [2.24, 2.45) is 0 Å². The lowest BCUT2D eigenvalue weighted by Gasteiger charge is -2.31. The van der Waals surface area contributed by atoms with E-state index in [9.17, 15) is 18.0 Å². The molecule has 3 aromatic rings. The van der Waals surface area contributed by atoms with Crippen molar-refractivity contribution in [2.45, 2.75) is 31.6 Å². The Morgan fingerprint density at radius 3 is 2.41 bits per heavy atom. The van der Waals surface area contributed by atoms with Crippen LogP contribution in [0, 0.1) is 0 Å². The summed E-state index contributed by atoms with van der Waals surface area (Å²) in [6, 6.07) is 14.3. The van der Waals surface area contributed by atoms with E-state index in [4.69, 9.17) is 0 Å². The number of para-hydroxylation sites is 1. The molecule has 0 saturated carbocycles. The van der Waals surface area contributed by atoms with E-state index in [-0.39, 0.29) is 12.1 Å². The molecule has 0 radical (unpaired) electrons. The van der Waals surface area contributed by atoms with Gasteiger partial charge in [0, 0.05) is 42.3 Å². The standard InChI is InChI=1S/C23H23F3N4OS/c24-23(25,26)17-8-6-16(7-9-17)21-27-20(15-32-21)14-30-12-10-19(11-13-30)29-22(31)28-18-4-2-1-3-5-18/h1-9,15,19H,10-14H2,(H2,28,29,31). The smallest absolute Gasteiger partial charge is 0.335 e. The summed E-state index contributed by atoms with van der Waals surface area (Å²) in [5.74, 6) is 0. The molecule has 1 aromatic heterocycles. The number of aromatic nitrogens is 1. The fraction of sp³-hybridized carbons (Fsp3) is 0.304. The molecule has 9 heteroatoms. The Morgan fingerprint density at radius 2 is 1.75 bits per heavy atom. The molecule has 2 heterocycles. The minimum Gasteiger partial charge on any atom is -0.335 e. The molecule has 2 N–H and O–H groups in total. The number of urea groups is 1. The largest absolute Gasteiger partial charge is 0.416 e. The van der Waals surface area contributed by atoms with Crippen molar-refractivity contribution in [1.82, 2.24) is 15.2 Å². The summed E-state index contributed by atoms with van der Waals surface area (Å²) in [7, 11) is 0. The van der Waals surface area contributed by atoms with Gasteiger partial charge in [0.1, 0.15) is 5.01 Å². The molecular formula is C23H23F3N4OS. The SMILES string of the molecule is O=C(Nc1ccccc1)NC1CCN(Cc2csc(-c3ccc(C(F)(F)F)cc3)n2)CC1. The molecule has 0 bridgehead atoms. The van der Waals surface area contributed by atoms with Gasteiger partial charge in [-0.3, -0.25) is 4.90 Å². The number of benzene rings is 2. The van der Waals surface area contributed by atoms with Crippen LogP contribution < -0.4 is 10.6 Å². The van der Waals surface area contributed by atoms with Gasteiger partial charge in [-0.1, -0.05) is 30.3 Å². The molecule has 1 fully saturated rings. The maximum absolute atomic E-state index is 12.7. The number of likely N-dealkylation sites (tertiary alicyclic amines) is 1. The number of nitrogens with one attached hydrogen (secondary N) is 2. The average Bonchev–Trinajstić information content (AvgIpc) is 3.24. The number of thiazole rings is 1. The van der Waals surface area contributed by atoms with Gasteiger partial charge < -0.3 is 10.6 Å². The van der Waals surface area contributed by atoms with Gasteiger partial charge in [-0.25, -0.2) is 9.78 Å². The second-order valence-corrected chi connectivity index (χ2v) is 8.59. The lowest BCUT2D eigenvalue weighted by atomic mass is 10.1. The molecule has 0 aliphatic carbocycles. The van der Waals surface area contributed by atoms with Gasteiger partial charge >= 0.3 is 12.2 Å². The predicted octanol–water partition coefficient (Wildman–Crippen LogP) is 5.62. The van der Waals surface area contributed by atoms with E-state index in [1.165, 1.54) is 23.5 Å². The highest BCUT2D eigenvalue weighted by Gasteiger charge is 2.30. The quantitative estimate of drug-likeness (QED) is 0.520. The molecule has 0 unspecified atom stereocenters. The van der Waals surface area contributed by atoms with Gasteiger partial charge in [0.15, 0.2) is 0 Å². The van der Waals surface area contributed by atoms with E-state index in [2.05, 4.69) is 20.5 Å². The first kappa shape index (κ1) is 22.3. The van der Waals surface area contributed by atoms with E-state index < -0.39 is 11.7 Å². The number of carbonyl (C=O) groups is 1. The van der Waals surface area contributed by atoms with Crippen LogP contribution in [0.25, 0.3) is 10.6 Å². The highest BCUT2D eigenvalue weighted by molar-refractivity contribution is 7.13. The fourth-order valence-corrected chi connectivity index (χ4v) is 4.47. The summed E-state index contributed by atoms with van der Waals surface area (Å²) in [6.45, 7) is 2.35. The maximum atomic E-state index is 12.7. The molecule has 1 saturated heterocycles. The van der Waals surface area contributed by atoms with E-state index >= 15 is 0 Å². The van der Waals surface area contributed by atoms with Crippen LogP contribution in [-0.4, -0.2) is 35.0 Å². The van der Waals surface area contributed by atoms with Crippen molar-refractivity contribution in [3.8, 4) is 10.6 Å². The van der Waals surface area contributed by atoms with Crippen LogP contribution in [0.15, 0.2) is 60.0 Å². The second kappa shape index (κ2) is 9.70. The summed E-state index contributed by atoms with van der Waals surface area (Å²) in [5, 5.41) is 8.52. The number of nitrogens with zero attached hydrogens (tertiary/aromatic N) is 2. The molecule has 4 rings (SSSR count). The molecule has 0 atom stereocenters. The number of amides is 2. The van der Waals surface area contributed by atoms with Crippen molar-refractivity contribution in [2.75, 3.05) is 18.4 Å². The second-order valence-electron chi connectivity index (χ2n) is 7.73. The zero-order valence-corrected chi connectivity index (χ0v) is 18.0. The summed E-state index contributed by atoms with van der Waals surface area (Å²) in [4.78, 5) is 19.0. The minimum absolute atomic E-state index is 0.119. The van der Waals surface area contributed by atoms with E-state index in [0.29, 0.717) is 17.1 Å². The molecule has 1 aliphatic rings. The number of rotatable bonds is 5. The van der Waals surface area contributed by atoms with Crippen LogP contribution >= 0.6 is 11.3 Å². The van der Waals surface area contributed by atoms with Gasteiger partial charge in [0.05, 0.1) is 11.3 Å². The number of hydrogen-bond acceptors (Lipinski definition) is 4. The normalized spacial score (nSPS) is 15.5. The van der Waals surface area contributed by atoms with Gasteiger partial charge in [-0.15, -0.1) is 11.3 Å². The van der Waals surface area contributed by atoms with Crippen LogP contribution in [0.3, 0.4) is 0 Å². The molecule has 2 aromatic carbocycles. The zero-order valence-electron chi connectivity index (χ0n) is 17.2. The molecule has 0 spiro atoms. The van der Waals surface area contributed by atoms with Crippen LogP contribution in [0.1, 0.15) is 24.1 Å². The first-order chi connectivity index (χ1) is 15.4. The third-order valence-corrected chi connectivity index (χ3v) is 6.29. The van der Waals surface area contributed by atoms with Crippen LogP contribution in [0.4, 0.5) is 23.7 Å². The Balaban J connectivity index is 1.25. The number of piperidine rings is 1. The fourth-order valence-electron chi connectivity index (χ4n) is 3.65. The molecule has 32 heavy (non-hydrogen) atoms. The Hall–Kier alpha value is -2.91.